The summed E-state index contributed by atoms with van der Waals surface area (Å²) in [6, 6.07) is 1.81. The Morgan fingerprint density at radius 1 is 1.45 bits per heavy atom. The second kappa shape index (κ2) is 4.06. The number of furan rings is 1. The lowest BCUT2D eigenvalue weighted by atomic mass is 10.1. The fraction of sp³-hybridized carbons (Fsp3) is 0.556. The molecular formula is C9H15NO. The van der Waals surface area contributed by atoms with E-state index in [0.717, 1.165) is 17.9 Å². The molecule has 2 heteroatoms. The van der Waals surface area contributed by atoms with E-state index < -0.39 is 0 Å². The minimum absolute atomic E-state index is 0.793. The standard InChI is InChI=1S/C9H15NO/c1-2-3-4-5-9-8(10)6-7-11-9/h6-7H,2-5,10H2,1H3. The van der Waals surface area contributed by atoms with Crippen molar-refractivity contribution in [2.45, 2.75) is 32.6 Å². The van der Waals surface area contributed by atoms with E-state index in [0.29, 0.717) is 0 Å². The third-order valence-electron chi connectivity index (χ3n) is 1.79. The molecule has 0 spiro atoms. The van der Waals surface area contributed by atoms with Gasteiger partial charge < -0.3 is 10.2 Å². The van der Waals surface area contributed by atoms with Crippen molar-refractivity contribution < 1.29 is 4.42 Å². The first-order valence-corrected chi connectivity index (χ1v) is 4.16. The summed E-state index contributed by atoms with van der Waals surface area (Å²) in [4.78, 5) is 0. The molecule has 1 rings (SSSR count). The lowest BCUT2D eigenvalue weighted by molar-refractivity contribution is 0.498. The number of unbranched alkanes of at least 4 members (excludes halogenated alkanes) is 2. The molecule has 2 N–H and O–H groups in total. The van der Waals surface area contributed by atoms with Gasteiger partial charge in [-0.2, -0.15) is 0 Å². The topological polar surface area (TPSA) is 39.2 Å². The summed E-state index contributed by atoms with van der Waals surface area (Å²) in [5.41, 5.74) is 6.42. The van der Waals surface area contributed by atoms with Gasteiger partial charge in [0.15, 0.2) is 0 Å². The van der Waals surface area contributed by atoms with E-state index in [1.54, 1.807) is 12.3 Å². The van der Waals surface area contributed by atoms with Crippen LogP contribution in [0.2, 0.25) is 0 Å². The van der Waals surface area contributed by atoms with Gasteiger partial charge in [0.2, 0.25) is 0 Å². The lowest BCUT2D eigenvalue weighted by Crippen LogP contribution is -1.89. The summed E-state index contributed by atoms with van der Waals surface area (Å²) in [6.45, 7) is 2.19. The van der Waals surface area contributed by atoms with E-state index in [4.69, 9.17) is 10.2 Å². The van der Waals surface area contributed by atoms with E-state index in [1.165, 1.54) is 19.3 Å². The third-order valence-corrected chi connectivity index (χ3v) is 1.79. The summed E-state index contributed by atoms with van der Waals surface area (Å²) in [5.74, 6) is 0.943. The number of aryl methyl sites for hydroxylation is 1. The molecule has 0 aromatic carbocycles. The normalized spacial score (nSPS) is 10.3. The summed E-state index contributed by atoms with van der Waals surface area (Å²) >= 11 is 0. The van der Waals surface area contributed by atoms with Crippen LogP contribution >= 0.6 is 0 Å². The second-order valence-electron chi connectivity index (χ2n) is 2.76. The Kier molecular flexibility index (Phi) is 3.02. The minimum Gasteiger partial charge on any atom is -0.467 e. The molecule has 0 bridgehead atoms. The molecule has 0 fully saturated rings. The van der Waals surface area contributed by atoms with Crippen LogP contribution < -0.4 is 5.73 Å². The zero-order valence-corrected chi connectivity index (χ0v) is 6.97. The fourth-order valence-electron chi connectivity index (χ4n) is 1.09. The predicted octanol–water partition coefficient (Wildman–Crippen LogP) is 2.59. The van der Waals surface area contributed by atoms with Crippen LogP contribution in [0.15, 0.2) is 16.7 Å². The molecule has 0 saturated heterocycles. The molecule has 0 aliphatic heterocycles. The van der Waals surface area contributed by atoms with Gasteiger partial charge in [-0.3, -0.25) is 0 Å². The van der Waals surface area contributed by atoms with Crippen molar-refractivity contribution >= 4 is 5.69 Å². The quantitative estimate of drug-likeness (QED) is 0.675. The molecule has 0 radical (unpaired) electrons. The fourth-order valence-corrected chi connectivity index (χ4v) is 1.09. The smallest absolute Gasteiger partial charge is 0.126 e. The van der Waals surface area contributed by atoms with Crippen molar-refractivity contribution in [1.82, 2.24) is 0 Å². The molecule has 0 aliphatic carbocycles. The Hall–Kier alpha value is -0.920. The predicted molar refractivity (Wildman–Crippen MR) is 46.3 cm³/mol. The highest BCUT2D eigenvalue weighted by atomic mass is 16.3. The van der Waals surface area contributed by atoms with Crippen LogP contribution in [0.3, 0.4) is 0 Å². The monoisotopic (exact) mass is 153 g/mol. The van der Waals surface area contributed by atoms with E-state index in [1.807, 2.05) is 0 Å². The van der Waals surface area contributed by atoms with Crippen LogP contribution in [-0.4, -0.2) is 0 Å². The first-order valence-electron chi connectivity index (χ1n) is 4.16. The van der Waals surface area contributed by atoms with Crippen LogP contribution in [0.5, 0.6) is 0 Å². The molecule has 11 heavy (non-hydrogen) atoms. The molecular weight excluding hydrogens is 138 g/mol. The van der Waals surface area contributed by atoms with Crippen molar-refractivity contribution in [3.05, 3.63) is 18.1 Å². The number of hydrogen-bond acceptors (Lipinski definition) is 2. The van der Waals surface area contributed by atoms with Gasteiger partial charge in [-0.25, -0.2) is 0 Å². The zero-order valence-electron chi connectivity index (χ0n) is 6.97. The van der Waals surface area contributed by atoms with Gasteiger partial charge in [-0.05, 0) is 12.5 Å². The van der Waals surface area contributed by atoms with Gasteiger partial charge in [-0.1, -0.05) is 19.8 Å². The second-order valence-corrected chi connectivity index (χ2v) is 2.76. The maximum atomic E-state index is 5.63. The van der Waals surface area contributed by atoms with Gasteiger partial charge in [0, 0.05) is 6.42 Å². The number of hydrogen-bond donors (Lipinski definition) is 1. The van der Waals surface area contributed by atoms with E-state index in [-0.39, 0.29) is 0 Å². The first kappa shape index (κ1) is 8.18. The van der Waals surface area contributed by atoms with Gasteiger partial charge in [0.05, 0.1) is 12.0 Å². The number of anilines is 1. The van der Waals surface area contributed by atoms with Gasteiger partial charge in [-0.15, -0.1) is 0 Å². The average Bonchev–Trinajstić information content (AvgIpc) is 2.37. The Balaban J connectivity index is 2.32. The van der Waals surface area contributed by atoms with Crippen molar-refractivity contribution in [3.63, 3.8) is 0 Å². The molecule has 1 aromatic heterocycles. The molecule has 0 saturated carbocycles. The maximum Gasteiger partial charge on any atom is 0.126 e. The SMILES string of the molecule is CCCCCc1occc1N. The summed E-state index contributed by atoms with van der Waals surface area (Å²) in [7, 11) is 0. The van der Waals surface area contributed by atoms with Crippen LogP contribution in [0.4, 0.5) is 5.69 Å². The third kappa shape index (κ3) is 2.30. The Morgan fingerprint density at radius 2 is 2.27 bits per heavy atom. The summed E-state index contributed by atoms with van der Waals surface area (Å²) < 4.78 is 5.19. The van der Waals surface area contributed by atoms with Crippen LogP contribution in [0, 0.1) is 0 Å². The molecule has 1 aromatic rings. The molecule has 0 aliphatic rings. The summed E-state index contributed by atoms with van der Waals surface area (Å²) in [5, 5.41) is 0. The van der Waals surface area contributed by atoms with Crippen molar-refractivity contribution in [3.8, 4) is 0 Å². The van der Waals surface area contributed by atoms with E-state index in [9.17, 15) is 0 Å². The highest BCUT2D eigenvalue weighted by molar-refractivity contribution is 5.40. The van der Waals surface area contributed by atoms with E-state index >= 15 is 0 Å². The van der Waals surface area contributed by atoms with Crippen LogP contribution in [0.25, 0.3) is 0 Å². The summed E-state index contributed by atoms with van der Waals surface area (Å²) in [6.07, 6.45) is 6.29. The number of nitrogen functional groups attached to an aromatic ring is 1. The highest BCUT2D eigenvalue weighted by Crippen LogP contribution is 2.15. The maximum absolute atomic E-state index is 5.63. The van der Waals surface area contributed by atoms with Gasteiger partial charge >= 0.3 is 0 Å². The first-order chi connectivity index (χ1) is 5.34. The zero-order chi connectivity index (χ0) is 8.10. The highest BCUT2D eigenvalue weighted by Gasteiger charge is 2.00. The molecule has 0 atom stereocenters. The number of rotatable bonds is 4. The van der Waals surface area contributed by atoms with Crippen LogP contribution in [-0.2, 0) is 6.42 Å². The molecule has 62 valence electrons. The lowest BCUT2D eigenvalue weighted by Gasteiger charge is -1.96. The van der Waals surface area contributed by atoms with E-state index in [2.05, 4.69) is 6.92 Å². The molecule has 0 unspecified atom stereocenters. The Bertz CT molecular complexity index is 205. The number of nitrogens with two attached hydrogens (primary N) is 1. The minimum atomic E-state index is 0.793. The average molecular weight is 153 g/mol. The van der Waals surface area contributed by atoms with Crippen LogP contribution in [0.1, 0.15) is 31.9 Å². The Labute approximate surface area is 67.4 Å². The Morgan fingerprint density at radius 3 is 2.82 bits per heavy atom. The molecule has 2 nitrogen and oxygen atoms in total. The van der Waals surface area contributed by atoms with Crippen molar-refractivity contribution in [1.29, 1.82) is 0 Å². The largest absolute Gasteiger partial charge is 0.467 e. The van der Waals surface area contributed by atoms with Crippen molar-refractivity contribution in [2.75, 3.05) is 5.73 Å². The van der Waals surface area contributed by atoms with Gasteiger partial charge in [0.25, 0.3) is 0 Å². The van der Waals surface area contributed by atoms with Gasteiger partial charge in [0.1, 0.15) is 5.76 Å². The van der Waals surface area contributed by atoms with Crippen molar-refractivity contribution in [2.24, 2.45) is 0 Å². The molecule has 1 heterocycles. The molecule has 0 amide bonds.